The number of likely N-dealkylation sites (N-methyl/N-ethyl adjacent to an activating group) is 2. The van der Waals surface area contributed by atoms with Crippen LogP contribution in [0.3, 0.4) is 0 Å². The van der Waals surface area contributed by atoms with E-state index in [1.165, 1.54) is 11.9 Å². The van der Waals surface area contributed by atoms with Crippen LogP contribution < -0.4 is 5.73 Å². The average Bonchev–Trinajstić information content (AvgIpc) is 1.87. The number of hydrogen-bond acceptors (Lipinski definition) is 2. The van der Waals surface area contributed by atoms with Crippen molar-refractivity contribution in [3.63, 3.8) is 0 Å². The molecule has 3 amide bonds. The molecule has 0 spiro atoms. The van der Waals surface area contributed by atoms with Crippen LogP contribution in [0.1, 0.15) is 0 Å². The van der Waals surface area contributed by atoms with Crippen molar-refractivity contribution in [3.8, 4) is 0 Å². The maximum absolute atomic E-state index is 10.9. The number of nitrogens with zero attached hydrogens (tertiary/aromatic N) is 2. The van der Waals surface area contributed by atoms with E-state index in [1.807, 2.05) is 0 Å². The van der Waals surface area contributed by atoms with Crippen molar-refractivity contribution in [2.45, 2.75) is 0 Å². The molecule has 0 aliphatic carbocycles. The summed E-state index contributed by atoms with van der Waals surface area (Å²) in [7, 11) is 4.72. The Labute approximate surface area is 65.7 Å². The smallest absolute Gasteiger partial charge is 0.314 e. The summed E-state index contributed by atoms with van der Waals surface area (Å²) in [6.07, 6.45) is 0. The van der Waals surface area contributed by atoms with Gasteiger partial charge in [-0.1, -0.05) is 0 Å². The van der Waals surface area contributed by atoms with Crippen LogP contribution in [0.5, 0.6) is 0 Å². The third-order valence-corrected chi connectivity index (χ3v) is 1.25. The molecule has 0 fully saturated rings. The molecule has 0 atom stereocenters. The van der Waals surface area contributed by atoms with Gasteiger partial charge in [0.15, 0.2) is 0 Å². The lowest BCUT2D eigenvalue weighted by Gasteiger charge is -2.16. The first kappa shape index (κ1) is 9.74. The molecular formula is C6H13N3O2. The first-order chi connectivity index (χ1) is 4.95. The molecule has 64 valence electrons. The summed E-state index contributed by atoms with van der Waals surface area (Å²) in [4.78, 5) is 23.9. The molecule has 2 N–H and O–H groups in total. The molecule has 0 aliphatic rings. The van der Waals surface area contributed by atoms with Gasteiger partial charge in [-0.25, -0.2) is 4.79 Å². The van der Waals surface area contributed by atoms with Crippen LogP contribution >= 0.6 is 0 Å². The van der Waals surface area contributed by atoms with E-state index in [0.29, 0.717) is 0 Å². The molecule has 0 heterocycles. The van der Waals surface area contributed by atoms with Gasteiger partial charge >= 0.3 is 6.03 Å². The molecule has 5 nitrogen and oxygen atoms in total. The van der Waals surface area contributed by atoms with Crippen molar-refractivity contribution >= 4 is 11.9 Å². The van der Waals surface area contributed by atoms with Crippen LogP contribution in [0.15, 0.2) is 0 Å². The minimum absolute atomic E-state index is 0.0301. The summed E-state index contributed by atoms with van der Waals surface area (Å²) < 4.78 is 0. The van der Waals surface area contributed by atoms with Gasteiger partial charge in [0.25, 0.3) is 0 Å². The van der Waals surface area contributed by atoms with Crippen molar-refractivity contribution in [2.24, 2.45) is 5.73 Å². The Balaban J connectivity index is 3.85. The fourth-order valence-corrected chi connectivity index (χ4v) is 0.422. The lowest BCUT2D eigenvalue weighted by Crippen LogP contribution is -2.40. The number of carbonyl (C=O) groups is 2. The second-order valence-corrected chi connectivity index (χ2v) is 2.48. The number of primary amides is 1. The molecule has 0 aliphatic heterocycles. The molecule has 5 heteroatoms. The van der Waals surface area contributed by atoms with E-state index in [4.69, 9.17) is 5.73 Å². The van der Waals surface area contributed by atoms with Crippen molar-refractivity contribution in [1.29, 1.82) is 0 Å². The first-order valence-corrected chi connectivity index (χ1v) is 3.16. The zero-order valence-electron chi connectivity index (χ0n) is 7.00. The number of amides is 3. The average molecular weight is 159 g/mol. The van der Waals surface area contributed by atoms with E-state index in [0.717, 1.165) is 4.90 Å². The first-order valence-electron chi connectivity index (χ1n) is 3.16. The highest BCUT2D eigenvalue weighted by atomic mass is 16.2. The number of carbonyl (C=O) groups excluding carboxylic acids is 2. The summed E-state index contributed by atoms with van der Waals surface area (Å²) in [5.74, 6) is -0.147. The molecule has 0 unspecified atom stereocenters. The van der Waals surface area contributed by atoms with E-state index >= 15 is 0 Å². The van der Waals surface area contributed by atoms with E-state index in [1.54, 1.807) is 14.1 Å². The fraction of sp³-hybridized carbons (Fsp3) is 0.667. The molecule has 0 saturated carbocycles. The molecule has 11 heavy (non-hydrogen) atoms. The highest BCUT2D eigenvalue weighted by Gasteiger charge is 2.09. The van der Waals surface area contributed by atoms with Gasteiger partial charge in [0, 0.05) is 21.1 Å². The van der Waals surface area contributed by atoms with Crippen molar-refractivity contribution in [3.05, 3.63) is 0 Å². The Bertz CT molecular complexity index is 167. The van der Waals surface area contributed by atoms with Gasteiger partial charge in [0.1, 0.15) is 6.54 Å². The second kappa shape index (κ2) is 3.80. The van der Waals surface area contributed by atoms with Gasteiger partial charge < -0.3 is 15.5 Å². The predicted octanol–water partition coefficient (Wildman–Crippen LogP) is -0.915. The van der Waals surface area contributed by atoms with Gasteiger partial charge in [0.2, 0.25) is 5.91 Å². The van der Waals surface area contributed by atoms with Crippen LogP contribution in [-0.2, 0) is 4.79 Å². The minimum atomic E-state index is -0.597. The van der Waals surface area contributed by atoms with Gasteiger partial charge in [-0.2, -0.15) is 0 Å². The minimum Gasteiger partial charge on any atom is -0.351 e. The third-order valence-electron chi connectivity index (χ3n) is 1.25. The summed E-state index contributed by atoms with van der Waals surface area (Å²) in [6, 6.07) is -0.597. The molecule has 0 saturated heterocycles. The summed E-state index contributed by atoms with van der Waals surface area (Å²) in [5, 5.41) is 0. The van der Waals surface area contributed by atoms with Gasteiger partial charge in [-0.3, -0.25) is 4.79 Å². The van der Waals surface area contributed by atoms with E-state index in [2.05, 4.69) is 0 Å². The molecule has 0 aromatic rings. The molecular weight excluding hydrogens is 146 g/mol. The maximum Gasteiger partial charge on any atom is 0.314 e. The molecule has 0 bridgehead atoms. The van der Waals surface area contributed by atoms with Crippen LogP contribution in [0.25, 0.3) is 0 Å². The number of hydrogen-bond donors (Lipinski definition) is 1. The number of rotatable bonds is 2. The summed E-state index contributed by atoms with van der Waals surface area (Å²) >= 11 is 0. The number of urea groups is 1. The fourth-order valence-electron chi connectivity index (χ4n) is 0.422. The monoisotopic (exact) mass is 159 g/mol. The Kier molecular flexibility index (Phi) is 3.36. The zero-order valence-corrected chi connectivity index (χ0v) is 7.00. The second-order valence-electron chi connectivity index (χ2n) is 2.48. The SMILES string of the molecule is CN(C)C(=O)CN(C)C(N)=O. The summed E-state index contributed by atoms with van der Waals surface area (Å²) in [5.41, 5.74) is 4.90. The Morgan fingerprint density at radius 1 is 1.27 bits per heavy atom. The van der Waals surface area contributed by atoms with E-state index in [-0.39, 0.29) is 12.5 Å². The molecule has 0 aromatic heterocycles. The molecule has 0 aromatic carbocycles. The van der Waals surface area contributed by atoms with E-state index < -0.39 is 6.03 Å². The lowest BCUT2D eigenvalue weighted by atomic mass is 10.5. The topological polar surface area (TPSA) is 66.6 Å². The predicted molar refractivity (Wildman–Crippen MR) is 40.9 cm³/mol. The van der Waals surface area contributed by atoms with Gasteiger partial charge in [-0.05, 0) is 0 Å². The van der Waals surface area contributed by atoms with Crippen molar-refractivity contribution in [1.82, 2.24) is 9.80 Å². The Morgan fingerprint density at radius 2 is 1.73 bits per heavy atom. The van der Waals surface area contributed by atoms with Gasteiger partial charge in [-0.15, -0.1) is 0 Å². The van der Waals surface area contributed by atoms with Crippen LogP contribution in [-0.4, -0.2) is 49.4 Å². The highest BCUT2D eigenvalue weighted by Crippen LogP contribution is 1.84. The van der Waals surface area contributed by atoms with Crippen molar-refractivity contribution < 1.29 is 9.59 Å². The Hall–Kier alpha value is -1.26. The van der Waals surface area contributed by atoms with E-state index in [9.17, 15) is 9.59 Å². The molecule has 0 radical (unpaired) electrons. The summed E-state index contributed by atoms with van der Waals surface area (Å²) in [6.45, 7) is 0.0301. The van der Waals surface area contributed by atoms with Gasteiger partial charge in [0.05, 0.1) is 0 Å². The standard InChI is InChI=1S/C6H13N3O2/c1-8(2)5(10)4-9(3)6(7)11/h4H2,1-3H3,(H2,7,11). The lowest BCUT2D eigenvalue weighted by molar-refractivity contribution is -0.129. The Morgan fingerprint density at radius 3 is 2.00 bits per heavy atom. The van der Waals surface area contributed by atoms with Crippen LogP contribution in [0.2, 0.25) is 0 Å². The number of nitrogens with two attached hydrogens (primary N) is 1. The highest BCUT2D eigenvalue weighted by molar-refractivity contribution is 5.82. The van der Waals surface area contributed by atoms with Crippen LogP contribution in [0, 0.1) is 0 Å². The largest absolute Gasteiger partial charge is 0.351 e. The van der Waals surface area contributed by atoms with Crippen LogP contribution in [0.4, 0.5) is 4.79 Å². The molecule has 0 rings (SSSR count). The normalized spacial score (nSPS) is 9.00. The maximum atomic E-state index is 10.9. The van der Waals surface area contributed by atoms with Crippen molar-refractivity contribution in [2.75, 3.05) is 27.7 Å². The quantitative estimate of drug-likeness (QED) is 0.566. The zero-order chi connectivity index (χ0) is 9.02. The third kappa shape index (κ3) is 3.44.